The zero-order chi connectivity index (χ0) is 23.3. The molecule has 0 N–H and O–H groups in total. The maximum atomic E-state index is 6.77. The molecule has 1 aliphatic heterocycles. The molecule has 1 aromatic carbocycles. The molecule has 178 valence electrons. The molecule has 0 aromatic heterocycles. The highest BCUT2D eigenvalue weighted by Gasteiger charge is 2.87. The van der Waals surface area contributed by atoms with Gasteiger partial charge in [0.15, 0.2) is 0 Å². The van der Waals surface area contributed by atoms with Crippen LogP contribution in [0.3, 0.4) is 0 Å². The van der Waals surface area contributed by atoms with Crippen LogP contribution in [0.4, 0.5) is 0 Å². The van der Waals surface area contributed by atoms with Gasteiger partial charge in [-0.15, -0.1) is 0 Å². The first-order chi connectivity index (χ1) is 14.9. The standard InChI is InChI=1S/C30H47NO/c1-20-11-10-12-21(2)25(20)28-15-16-31(18-23-13-14-23)22(3)29(28)17-24(30(29,19-28)32-9)27(7,8)26(4,5)6/h10-12,22-24H,13-19H2,1-9H3. The summed E-state index contributed by atoms with van der Waals surface area (Å²) in [6.07, 6.45) is 6.68. The molecule has 2 heteroatoms. The number of rotatable bonds is 5. The van der Waals surface area contributed by atoms with Crippen LogP contribution in [0.2, 0.25) is 0 Å². The first-order valence-corrected chi connectivity index (χ1v) is 13.2. The largest absolute Gasteiger partial charge is 0.377 e. The molecule has 5 unspecified atom stereocenters. The monoisotopic (exact) mass is 437 g/mol. The van der Waals surface area contributed by atoms with Gasteiger partial charge in [-0.2, -0.15) is 0 Å². The number of aryl methyl sites for hydroxylation is 2. The lowest BCUT2D eigenvalue weighted by molar-refractivity contribution is -0.399. The molecule has 1 aromatic rings. The molecule has 1 saturated heterocycles. The van der Waals surface area contributed by atoms with E-state index in [0.29, 0.717) is 12.0 Å². The van der Waals surface area contributed by atoms with Gasteiger partial charge in [-0.25, -0.2) is 0 Å². The second-order valence-corrected chi connectivity index (χ2v) is 13.7. The minimum atomic E-state index is 0.000138. The van der Waals surface area contributed by atoms with Gasteiger partial charge in [-0.3, -0.25) is 4.90 Å². The Morgan fingerprint density at radius 2 is 1.69 bits per heavy atom. The van der Waals surface area contributed by atoms with Crippen LogP contribution in [0.25, 0.3) is 0 Å². The molecule has 1 heterocycles. The maximum Gasteiger partial charge on any atom is 0.0800 e. The predicted molar refractivity (Wildman–Crippen MR) is 134 cm³/mol. The number of hydrogen-bond donors (Lipinski definition) is 0. The van der Waals surface area contributed by atoms with Crippen molar-refractivity contribution in [1.29, 1.82) is 0 Å². The first kappa shape index (κ1) is 22.9. The van der Waals surface area contributed by atoms with Crippen molar-refractivity contribution in [3.63, 3.8) is 0 Å². The summed E-state index contributed by atoms with van der Waals surface area (Å²) in [5, 5.41) is 0. The highest BCUT2D eigenvalue weighted by atomic mass is 16.5. The lowest BCUT2D eigenvalue weighted by atomic mass is 9.21. The number of piperidine rings is 1. The minimum Gasteiger partial charge on any atom is -0.377 e. The van der Waals surface area contributed by atoms with Crippen molar-refractivity contribution in [3.05, 3.63) is 34.9 Å². The molecule has 4 fully saturated rings. The van der Waals surface area contributed by atoms with Crippen molar-refractivity contribution in [2.75, 3.05) is 20.2 Å². The highest BCUT2D eigenvalue weighted by molar-refractivity contribution is 5.52. The number of methoxy groups -OCH3 is 1. The van der Waals surface area contributed by atoms with Crippen LogP contribution < -0.4 is 0 Å². The van der Waals surface area contributed by atoms with E-state index in [9.17, 15) is 0 Å². The Labute approximate surface area is 197 Å². The Kier molecular flexibility index (Phi) is 4.90. The van der Waals surface area contributed by atoms with E-state index in [-0.39, 0.29) is 27.3 Å². The van der Waals surface area contributed by atoms with E-state index in [4.69, 9.17) is 4.74 Å². The van der Waals surface area contributed by atoms with Gasteiger partial charge in [0.25, 0.3) is 0 Å². The van der Waals surface area contributed by atoms with E-state index < -0.39 is 0 Å². The van der Waals surface area contributed by atoms with Gasteiger partial charge >= 0.3 is 0 Å². The van der Waals surface area contributed by atoms with E-state index in [2.05, 4.69) is 78.5 Å². The second kappa shape index (κ2) is 6.85. The van der Waals surface area contributed by atoms with Crippen LogP contribution in [0.15, 0.2) is 18.2 Å². The Balaban J connectivity index is 1.63. The molecule has 0 radical (unpaired) electrons. The average molecular weight is 438 g/mol. The van der Waals surface area contributed by atoms with Crippen LogP contribution in [-0.2, 0) is 10.2 Å². The Hall–Kier alpha value is -0.860. The second-order valence-electron chi connectivity index (χ2n) is 13.7. The van der Waals surface area contributed by atoms with Crippen LogP contribution in [0, 0.1) is 41.9 Å². The van der Waals surface area contributed by atoms with Gasteiger partial charge in [-0.1, -0.05) is 52.8 Å². The summed E-state index contributed by atoms with van der Waals surface area (Å²) < 4.78 is 6.77. The zero-order valence-electron chi connectivity index (χ0n) is 22.3. The lowest BCUT2D eigenvalue weighted by Gasteiger charge is -2.86. The normalized spacial score (nSPS) is 39.7. The van der Waals surface area contributed by atoms with Gasteiger partial charge in [0.2, 0.25) is 0 Å². The van der Waals surface area contributed by atoms with Crippen molar-refractivity contribution in [2.45, 2.75) is 105 Å². The fourth-order valence-electron chi connectivity index (χ4n) is 8.94. The van der Waals surface area contributed by atoms with Gasteiger partial charge in [-0.05, 0) is 98.8 Å². The van der Waals surface area contributed by atoms with Crippen LogP contribution >= 0.6 is 0 Å². The predicted octanol–water partition coefficient (Wildman–Crippen LogP) is 6.91. The number of nitrogens with zero attached hydrogens (tertiary/aromatic N) is 1. The van der Waals surface area contributed by atoms with E-state index in [1.807, 2.05) is 7.11 Å². The molecule has 4 aliphatic rings. The molecular weight excluding hydrogens is 390 g/mol. The third-order valence-corrected chi connectivity index (χ3v) is 11.7. The fraction of sp³-hybridized carbons (Fsp3) is 0.800. The summed E-state index contributed by atoms with van der Waals surface area (Å²) in [7, 11) is 2.04. The van der Waals surface area contributed by atoms with Crippen molar-refractivity contribution in [1.82, 2.24) is 4.90 Å². The molecule has 1 spiro atoms. The summed E-state index contributed by atoms with van der Waals surface area (Å²) in [6.45, 7) is 22.2. The smallest absolute Gasteiger partial charge is 0.0800 e. The number of hydrogen-bond acceptors (Lipinski definition) is 2. The molecule has 0 bridgehead atoms. The van der Waals surface area contributed by atoms with Gasteiger partial charge in [0, 0.05) is 30.5 Å². The molecule has 5 atom stereocenters. The van der Waals surface area contributed by atoms with Crippen molar-refractivity contribution in [2.24, 2.45) is 28.1 Å². The van der Waals surface area contributed by atoms with E-state index in [0.717, 1.165) is 5.92 Å². The highest BCUT2D eigenvalue weighted by Crippen LogP contribution is 2.84. The third kappa shape index (κ3) is 2.55. The molecule has 5 rings (SSSR count). The number of ether oxygens (including phenoxy) is 1. The number of likely N-dealkylation sites (tertiary alicyclic amines) is 1. The summed E-state index contributed by atoms with van der Waals surface area (Å²) in [6, 6.07) is 7.54. The number of benzene rings is 1. The fourth-order valence-corrected chi connectivity index (χ4v) is 8.94. The molecule has 32 heavy (non-hydrogen) atoms. The molecule has 2 nitrogen and oxygen atoms in total. The van der Waals surface area contributed by atoms with Crippen LogP contribution in [-0.4, -0.2) is 36.7 Å². The summed E-state index contributed by atoms with van der Waals surface area (Å²) >= 11 is 0. The molecule has 0 amide bonds. The van der Waals surface area contributed by atoms with E-state index in [1.165, 1.54) is 56.3 Å². The molecule has 3 aliphatic carbocycles. The Morgan fingerprint density at radius 3 is 2.22 bits per heavy atom. The summed E-state index contributed by atoms with van der Waals surface area (Å²) in [5.41, 5.74) is 5.64. The first-order valence-electron chi connectivity index (χ1n) is 13.2. The van der Waals surface area contributed by atoms with E-state index >= 15 is 0 Å². The van der Waals surface area contributed by atoms with Crippen molar-refractivity contribution < 1.29 is 4.74 Å². The van der Waals surface area contributed by atoms with Crippen LogP contribution in [0.1, 0.15) is 90.3 Å². The molecule has 3 saturated carbocycles. The van der Waals surface area contributed by atoms with Crippen LogP contribution in [0.5, 0.6) is 0 Å². The molecular formula is C30H47NO. The summed E-state index contributed by atoms with van der Waals surface area (Å²) in [5.74, 6) is 1.56. The minimum absolute atomic E-state index is 0.000138. The average Bonchev–Trinajstić information content (AvgIpc) is 3.50. The summed E-state index contributed by atoms with van der Waals surface area (Å²) in [4.78, 5) is 2.87. The van der Waals surface area contributed by atoms with Crippen molar-refractivity contribution >= 4 is 0 Å². The van der Waals surface area contributed by atoms with Gasteiger partial charge in [0.05, 0.1) is 5.60 Å². The third-order valence-electron chi connectivity index (χ3n) is 11.7. The topological polar surface area (TPSA) is 12.5 Å². The zero-order valence-corrected chi connectivity index (χ0v) is 22.3. The quantitative estimate of drug-likeness (QED) is 0.496. The van der Waals surface area contributed by atoms with Crippen molar-refractivity contribution in [3.8, 4) is 0 Å². The van der Waals surface area contributed by atoms with Gasteiger partial charge in [0.1, 0.15) is 0 Å². The Bertz CT molecular complexity index is 888. The SMILES string of the molecule is COC12CC3(c4c(C)cccc4C)CCN(CC4CC4)C(C)C31CC2C(C)(C)C(C)(C)C. The lowest BCUT2D eigenvalue weighted by Crippen LogP contribution is -2.91. The van der Waals surface area contributed by atoms with E-state index in [1.54, 1.807) is 5.56 Å². The van der Waals surface area contributed by atoms with Gasteiger partial charge < -0.3 is 4.74 Å². The maximum absolute atomic E-state index is 6.77. The Morgan fingerprint density at radius 1 is 1.06 bits per heavy atom.